The summed E-state index contributed by atoms with van der Waals surface area (Å²) in [6, 6.07) is 9.62. The van der Waals surface area contributed by atoms with E-state index in [4.69, 9.17) is 14.6 Å². The summed E-state index contributed by atoms with van der Waals surface area (Å²) in [7, 11) is 0. The molecule has 0 unspecified atom stereocenters. The summed E-state index contributed by atoms with van der Waals surface area (Å²) in [4.78, 5) is 0. The van der Waals surface area contributed by atoms with E-state index >= 15 is 0 Å². The average Bonchev–Trinajstić information content (AvgIpc) is 2.52. The molecule has 1 saturated heterocycles. The molecule has 0 radical (unpaired) electrons. The maximum Gasteiger partial charge on any atom is 0.187 e. The molecule has 2 rings (SSSR count). The molecule has 1 aromatic carbocycles. The van der Waals surface area contributed by atoms with Crippen molar-refractivity contribution in [2.45, 2.75) is 30.7 Å². The Morgan fingerprint density at radius 3 is 2.43 bits per heavy atom. The number of rotatable bonds is 5. The van der Waals surface area contributed by atoms with Crippen LogP contribution in [0.4, 0.5) is 0 Å². The van der Waals surface area contributed by atoms with Gasteiger partial charge in [-0.25, -0.2) is 0 Å². The van der Waals surface area contributed by atoms with Gasteiger partial charge >= 0.3 is 0 Å². The van der Waals surface area contributed by atoms with Crippen LogP contribution in [0.1, 0.15) is 5.56 Å². The third-order valence-corrected chi connectivity index (χ3v) is 3.32. The van der Waals surface area contributed by atoms with E-state index in [1.54, 1.807) is 6.08 Å². The molecule has 1 aliphatic rings. The van der Waals surface area contributed by atoms with Crippen molar-refractivity contribution in [3.8, 4) is 0 Å². The average molecular weight is 296 g/mol. The Bertz CT molecular complexity index is 447. The summed E-state index contributed by atoms with van der Waals surface area (Å²) in [6.07, 6.45) is -2.61. The van der Waals surface area contributed by atoms with Crippen molar-refractivity contribution in [1.29, 1.82) is 0 Å². The van der Waals surface area contributed by atoms with Crippen molar-refractivity contribution >= 4 is 6.08 Å². The topological polar surface area (TPSA) is 99.4 Å². The van der Waals surface area contributed by atoms with Crippen molar-refractivity contribution in [3.63, 3.8) is 0 Å². The molecular formula is C15H20O6. The van der Waals surface area contributed by atoms with Crippen LogP contribution in [0.15, 0.2) is 36.4 Å². The minimum atomic E-state index is -1.42. The minimum Gasteiger partial charge on any atom is -0.394 e. The van der Waals surface area contributed by atoms with E-state index in [0.717, 1.165) is 5.56 Å². The Labute approximate surface area is 122 Å². The van der Waals surface area contributed by atoms with E-state index < -0.39 is 37.3 Å². The SMILES string of the molecule is OC[C@@H]1O[C@H](OCC=Cc2ccccc2)[C@H](O)[C@H](O)[C@@H]1O. The Balaban J connectivity index is 1.86. The summed E-state index contributed by atoms with van der Waals surface area (Å²) in [5.74, 6) is 0. The molecular weight excluding hydrogens is 276 g/mol. The highest BCUT2D eigenvalue weighted by atomic mass is 16.7. The van der Waals surface area contributed by atoms with E-state index in [2.05, 4.69) is 0 Å². The number of ether oxygens (including phenoxy) is 2. The van der Waals surface area contributed by atoms with Crippen molar-refractivity contribution in [1.82, 2.24) is 0 Å². The molecule has 6 heteroatoms. The Hall–Kier alpha value is -1.28. The number of hydrogen-bond acceptors (Lipinski definition) is 6. The minimum absolute atomic E-state index is 0.164. The number of aliphatic hydroxyl groups excluding tert-OH is 4. The molecule has 0 bridgehead atoms. The zero-order valence-corrected chi connectivity index (χ0v) is 11.4. The van der Waals surface area contributed by atoms with Crippen molar-refractivity contribution in [2.24, 2.45) is 0 Å². The third-order valence-electron chi connectivity index (χ3n) is 3.32. The summed E-state index contributed by atoms with van der Waals surface area (Å²) in [5.41, 5.74) is 1.01. The van der Waals surface area contributed by atoms with Crippen LogP contribution in [0.5, 0.6) is 0 Å². The normalized spacial score (nSPS) is 33.4. The predicted molar refractivity (Wildman–Crippen MR) is 75.2 cm³/mol. The molecule has 21 heavy (non-hydrogen) atoms. The lowest BCUT2D eigenvalue weighted by Crippen LogP contribution is -2.59. The number of hydrogen-bond donors (Lipinski definition) is 4. The second-order valence-corrected chi connectivity index (χ2v) is 4.84. The highest BCUT2D eigenvalue weighted by molar-refractivity contribution is 5.48. The van der Waals surface area contributed by atoms with Crippen LogP contribution in [-0.2, 0) is 9.47 Å². The van der Waals surface area contributed by atoms with Gasteiger partial charge in [0, 0.05) is 0 Å². The van der Waals surface area contributed by atoms with Crippen LogP contribution in [0.3, 0.4) is 0 Å². The van der Waals surface area contributed by atoms with Crippen LogP contribution >= 0.6 is 0 Å². The van der Waals surface area contributed by atoms with Crippen LogP contribution in [0.2, 0.25) is 0 Å². The Morgan fingerprint density at radius 2 is 1.76 bits per heavy atom. The number of benzene rings is 1. The van der Waals surface area contributed by atoms with E-state index in [9.17, 15) is 15.3 Å². The largest absolute Gasteiger partial charge is 0.394 e. The zero-order valence-electron chi connectivity index (χ0n) is 11.4. The van der Waals surface area contributed by atoms with Gasteiger partial charge in [-0.2, -0.15) is 0 Å². The Kier molecular flexibility index (Phi) is 5.86. The van der Waals surface area contributed by atoms with Gasteiger partial charge in [-0.05, 0) is 5.56 Å². The van der Waals surface area contributed by atoms with Crippen LogP contribution < -0.4 is 0 Å². The lowest BCUT2D eigenvalue weighted by atomic mass is 9.99. The molecule has 6 nitrogen and oxygen atoms in total. The molecule has 116 valence electrons. The van der Waals surface area contributed by atoms with Crippen molar-refractivity contribution in [2.75, 3.05) is 13.2 Å². The smallest absolute Gasteiger partial charge is 0.187 e. The fraction of sp³-hybridized carbons (Fsp3) is 0.467. The molecule has 0 spiro atoms. The third kappa shape index (κ3) is 4.10. The first-order chi connectivity index (χ1) is 10.1. The molecule has 1 aliphatic heterocycles. The predicted octanol–water partition coefficient (Wildman–Crippen LogP) is -0.484. The van der Waals surface area contributed by atoms with Gasteiger partial charge in [0.15, 0.2) is 6.29 Å². The summed E-state index contributed by atoms with van der Waals surface area (Å²) < 4.78 is 10.5. The van der Waals surface area contributed by atoms with Crippen molar-refractivity contribution in [3.05, 3.63) is 42.0 Å². The van der Waals surface area contributed by atoms with Gasteiger partial charge in [0.05, 0.1) is 13.2 Å². The highest BCUT2D eigenvalue weighted by Gasteiger charge is 2.43. The van der Waals surface area contributed by atoms with E-state index in [0.29, 0.717) is 0 Å². The standard InChI is InChI=1S/C15H20O6/c16-9-11-12(17)13(18)14(19)15(21-11)20-8-4-7-10-5-2-1-3-6-10/h1-7,11-19H,8-9H2/t11-,12+,13+,14+,15-/m0/s1. The van der Waals surface area contributed by atoms with Gasteiger partial charge in [0.1, 0.15) is 24.4 Å². The second kappa shape index (κ2) is 7.65. The van der Waals surface area contributed by atoms with Gasteiger partial charge in [0.2, 0.25) is 0 Å². The first-order valence-electron chi connectivity index (χ1n) is 6.77. The maximum atomic E-state index is 9.77. The molecule has 0 aromatic heterocycles. The van der Waals surface area contributed by atoms with E-state index in [1.807, 2.05) is 36.4 Å². The lowest BCUT2D eigenvalue weighted by Gasteiger charge is -2.39. The second-order valence-electron chi connectivity index (χ2n) is 4.84. The van der Waals surface area contributed by atoms with Crippen LogP contribution in [0, 0.1) is 0 Å². The highest BCUT2D eigenvalue weighted by Crippen LogP contribution is 2.21. The molecule has 0 aliphatic carbocycles. The molecule has 4 N–H and O–H groups in total. The maximum absolute atomic E-state index is 9.77. The van der Waals surface area contributed by atoms with Gasteiger partial charge in [-0.15, -0.1) is 0 Å². The lowest BCUT2D eigenvalue weighted by molar-refractivity contribution is -0.298. The molecule has 1 aromatic rings. The van der Waals surface area contributed by atoms with Gasteiger partial charge in [-0.3, -0.25) is 0 Å². The molecule has 1 fully saturated rings. The van der Waals surface area contributed by atoms with E-state index in [1.165, 1.54) is 0 Å². The van der Waals surface area contributed by atoms with Crippen LogP contribution in [0.25, 0.3) is 6.08 Å². The Morgan fingerprint density at radius 1 is 1.05 bits per heavy atom. The zero-order chi connectivity index (χ0) is 15.2. The monoisotopic (exact) mass is 296 g/mol. The van der Waals surface area contributed by atoms with Gasteiger partial charge < -0.3 is 29.9 Å². The quantitative estimate of drug-likeness (QED) is 0.585. The summed E-state index contributed by atoms with van der Waals surface area (Å²) in [6.45, 7) is -0.303. The van der Waals surface area contributed by atoms with E-state index in [-0.39, 0.29) is 6.61 Å². The fourth-order valence-electron chi connectivity index (χ4n) is 2.10. The van der Waals surface area contributed by atoms with Crippen molar-refractivity contribution < 1.29 is 29.9 Å². The molecule has 5 atom stereocenters. The van der Waals surface area contributed by atoms with Gasteiger partial charge in [0.25, 0.3) is 0 Å². The summed E-state index contributed by atoms with van der Waals surface area (Å²) in [5, 5.41) is 38.1. The van der Waals surface area contributed by atoms with Crippen LogP contribution in [-0.4, -0.2) is 64.3 Å². The molecule has 1 heterocycles. The molecule has 0 saturated carbocycles. The first kappa shape index (κ1) is 16.1. The first-order valence-corrected chi connectivity index (χ1v) is 6.77. The number of aliphatic hydroxyl groups is 4. The van der Waals surface area contributed by atoms with Gasteiger partial charge in [-0.1, -0.05) is 42.5 Å². The summed E-state index contributed by atoms with van der Waals surface area (Å²) >= 11 is 0. The fourth-order valence-corrected chi connectivity index (χ4v) is 2.10. The molecule has 0 amide bonds.